The van der Waals surface area contributed by atoms with Crippen LogP contribution in [-0.2, 0) is 0 Å². The van der Waals surface area contributed by atoms with Gasteiger partial charge in [0.15, 0.2) is 8.68 Å². The van der Waals surface area contributed by atoms with Crippen molar-refractivity contribution in [1.82, 2.24) is 34.9 Å². The summed E-state index contributed by atoms with van der Waals surface area (Å²) in [6, 6.07) is 1.81. The lowest BCUT2D eigenvalue weighted by Gasteiger charge is -2.04. The molecule has 0 saturated carbocycles. The van der Waals surface area contributed by atoms with Gasteiger partial charge in [0.05, 0.1) is 0 Å². The summed E-state index contributed by atoms with van der Waals surface area (Å²) in [6.07, 6.45) is 5.41. The highest BCUT2D eigenvalue weighted by Gasteiger charge is 2.12. The first-order chi connectivity index (χ1) is 10.3. The van der Waals surface area contributed by atoms with E-state index in [-0.39, 0.29) is 0 Å². The van der Waals surface area contributed by atoms with Crippen LogP contribution in [0.25, 0.3) is 5.95 Å². The third-order valence-electron chi connectivity index (χ3n) is 2.28. The Morgan fingerprint density at radius 2 is 2.05 bits per heavy atom. The van der Waals surface area contributed by atoms with Crippen LogP contribution in [0.4, 0.5) is 5.95 Å². The molecule has 0 unspecified atom stereocenters. The molecule has 0 radical (unpaired) electrons. The lowest BCUT2D eigenvalue weighted by atomic mass is 10.7. The molecule has 3 aromatic rings. The first-order valence-electron chi connectivity index (χ1n) is 5.77. The van der Waals surface area contributed by atoms with Gasteiger partial charge < -0.3 is 5.32 Å². The zero-order chi connectivity index (χ0) is 14.7. The second kappa shape index (κ2) is 6.37. The number of aromatic nitrogens is 7. The second-order valence-electron chi connectivity index (χ2n) is 3.58. The van der Waals surface area contributed by atoms with Gasteiger partial charge in [0.1, 0.15) is 0 Å². The number of hydrogen-bond donors (Lipinski definition) is 1. The molecular weight excluding hydrogens is 328 g/mol. The number of rotatable bonds is 5. The molecular formula is C10H10N8S3. The number of nitrogens with one attached hydrogen (secondary N) is 1. The van der Waals surface area contributed by atoms with Gasteiger partial charge >= 0.3 is 0 Å². The first-order valence-corrected chi connectivity index (χ1v) is 8.63. The Morgan fingerprint density at radius 1 is 1.19 bits per heavy atom. The van der Waals surface area contributed by atoms with Crippen LogP contribution in [0.2, 0.25) is 0 Å². The molecule has 3 heterocycles. The summed E-state index contributed by atoms with van der Waals surface area (Å²) >= 11 is 4.42. The van der Waals surface area contributed by atoms with Crippen molar-refractivity contribution >= 4 is 40.8 Å². The lowest BCUT2D eigenvalue weighted by Crippen LogP contribution is -2.07. The van der Waals surface area contributed by atoms with E-state index in [1.165, 1.54) is 23.1 Å². The third kappa shape index (κ3) is 3.31. The minimum absolute atomic E-state index is 0.455. The van der Waals surface area contributed by atoms with Gasteiger partial charge in [-0.1, -0.05) is 23.1 Å². The molecule has 0 bridgehead atoms. The summed E-state index contributed by atoms with van der Waals surface area (Å²) in [7, 11) is 1.76. The second-order valence-corrected chi connectivity index (χ2v) is 6.83. The highest BCUT2D eigenvalue weighted by molar-refractivity contribution is 8.02. The van der Waals surface area contributed by atoms with Gasteiger partial charge in [-0.05, 0) is 24.1 Å². The third-order valence-corrected chi connectivity index (χ3v) is 5.09. The summed E-state index contributed by atoms with van der Waals surface area (Å²) in [6.45, 7) is 0. The molecule has 0 aliphatic heterocycles. The van der Waals surface area contributed by atoms with Crippen LogP contribution < -0.4 is 5.32 Å². The fourth-order valence-corrected chi connectivity index (χ4v) is 3.68. The maximum atomic E-state index is 4.39. The molecule has 0 saturated heterocycles. The van der Waals surface area contributed by atoms with Gasteiger partial charge in [-0.25, -0.2) is 4.68 Å². The molecule has 0 aliphatic rings. The zero-order valence-corrected chi connectivity index (χ0v) is 13.5. The molecule has 1 N–H and O–H groups in total. The molecule has 108 valence electrons. The average molecular weight is 338 g/mol. The number of nitrogens with zero attached hydrogens (tertiary/aromatic N) is 7. The van der Waals surface area contributed by atoms with E-state index in [0.29, 0.717) is 17.1 Å². The van der Waals surface area contributed by atoms with Crippen LogP contribution in [0, 0.1) is 0 Å². The summed E-state index contributed by atoms with van der Waals surface area (Å²) in [5.74, 6) is 0.934. The minimum atomic E-state index is 0.455. The molecule has 21 heavy (non-hydrogen) atoms. The van der Waals surface area contributed by atoms with Gasteiger partial charge in [0.2, 0.25) is 11.1 Å². The highest BCUT2D eigenvalue weighted by atomic mass is 32.2. The predicted octanol–water partition coefficient (Wildman–Crippen LogP) is 1.82. The molecule has 11 heteroatoms. The van der Waals surface area contributed by atoms with Crippen molar-refractivity contribution in [3.63, 3.8) is 0 Å². The van der Waals surface area contributed by atoms with Crippen LogP contribution in [-0.4, -0.2) is 48.2 Å². The van der Waals surface area contributed by atoms with Gasteiger partial charge in [0, 0.05) is 19.4 Å². The fraction of sp³-hybridized carbons (Fsp3) is 0.200. The monoisotopic (exact) mass is 338 g/mol. The van der Waals surface area contributed by atoms with Crippen molar-refractivity contribution in [2.75, 3.05) is 18.6 Å². The van der Waals surface area contributed by atoms with Gasteiger partial charge in [-0.3, -0.25) is 0 Å². The van der Waals surface area contributed by atoms with Crippen LogP contribution >= 0.6 is 34.9 Å². The largest absolute Gasteiger partial charge is 0.357 e. The van der Waals surface area contributed by atoms with Crippen molar-refractivity contribution in [3.8, 4) is 5.95 Å². The van der Waals surface area contributed by atoms with Gasteiger partial charge in [-0.15, -0.1) is 10.2 Å². The maximum absolute atomic E-state index is 4.39. The number of thioether (sulfide) groups is 1. The molecule has 0 spiro atoms. The molecule has 0 atom stereocenters. The highest BCUT2D eigenvalue weighted by Crippen LogP contribution is 2.31. The smallest absolute Gasteiger partial charge is 0.256 e. The zero-order valence-electron chi connectivity index (χ0n) is 11.1. The van der Waals surface area contributed by atoms with Crippen LogP contribution in [0.15, 0.2) is 32.3 Å². The molecule has 0 aliphatic carbocycles. The molecule has 0 aromatic carbocycles. The topological polar surface area (TPSA) is 94.3 Å². The van der Waals surface area contributed by atoms with E-state index in [9.17, 15) is 0 Å². The van der Waals surface area contributed by atoms with E-state index >= 15 is 0 Å². The van der Waals surface area contributed by atoms with Crippen molar-refractivity contribution in [2.24, 2.45) is 0 Å². The van der Waals surface area contributed by atoms with Crippen molar-refractivity contribution < 1.29 is 0 Å². The Kier molecular flexibility index (Phi) is 4.31. The Balaban J connectivity index is 1.92. The quantitative estimate of drug-likeness (QED) is 0.699. The Morgan fingerprint density at radius 3 is 2.71 bits per heavy atom. The van der Waals surface area contributed by atoms with Crippen LogP contribution in [0.3, 0.4) is 0 Å². The van der Waals surface area contributed by atoms with Gasteiger partial charge in [-0.2, -0.15) is 20.1 Å². The van der Waals surface area contributed by atoms with E-state index in [1.807, 2.05) is 12.3 Å². The van der Waals surface area contributed by atoms with Crippen LogP contribution in [0.5, 0.6) is 0 Å². The summed E-state index contributed by atoms with van der Waals surface area (Å²) in [4.78, 5) is 13.0. The lowest BCUT2D eigenvalue weighted by molar-refractivity contribution is 0.762. The molecule has 3 aromatic heterocycles. The van der Waals surface area contributed by atoms with E-state index < -0.39 is 0 Å². The van der Waals surface area contributed by atoms with Crippen LogP contribution in [0.1, 0.15) is 0 Å². The number of anilines is 1. The SMILES string of the molecule is CNc1nc(Sc2nnc(SC)s2)nc(-n2cccn2)n1. The minimum Gasteiger partial charge on any atom is -0.357 e. The Hall–Kier alpha value is -1.72. The standard InChI is InChI=1S/C10H10N8S3/c1-11-6-13-7(18-5-3-4-12-18)15-8(14-6)20-10-17-16-9(19-2)21-10/h3-5H,1-2H3,(H,11,13,14,15). The molecule has 0 amide bonds. The van der Waals surface area contributed by atoms with E-state index in [1.54, 1.807) is 35.9 Å². The number of hydrogen-bond acceptors (Lipinski definition) is 10. The van der Waals surface area contributed by atoms with E-state index in [2.05, 4.69) is 35.6 Å². The van der Waals surface area contributed by atoms with Crippen molar-refractivity contribution in [3.05, 3.63) is 18.5 Å². The normalized spacial score (nSPS) is 10.8. The predicted molar refractivity (Wildman–Crippen MR) is 82.3 cm³/mol. The van der Waals surface area contributed by atoms with Crippen molar-refractivity contribution in [2.45, 2.75) is 13.8 Å². The van der Waals surface area contributed by atoms with Gasteiger partial charge in [0.25, 0.3) is 5.95 Å². The Labute approximate surface area is 132 Å². The van der Waals surface area contributed by atoms with E-state index in [0.717, 1.165) is 8.68 Å². The Bertz CT molecular complexity index is 726. The summed E-state index contributed by atoms with van der Waals surface area (Å²) in [5.41, 5.74) is 0. The molecule has 8 nitrogen and oxygen atoms in total. The van der Waals surface area contributed by atoms with E-state index in [4.69, 9.17) is 0 Å². The average Bonchev–Trinajstić information content (AvgIpc) is 3.18. The fourth-order valence-electron chi connectivity index (χ4n) is 1.39. The molecule has 3 rings (SSSR count). The molecule has 0 fully saturated rings. The summed E-state index contributed by atoms with van der Waals surface area (Å²) in [5, 5.41) is 15.7. The van der Waals surface area contributed by atoms with Crippen molar-refractivity contribution in [1.29, 1.82) is 0 Å². The maximum Gasteiger partial charge on any atom is 0.256 e. The first kappa shape index (κ1) is 14.2. The summed E-state index contributed by atoms with van der Waals surface area (Å²) < 4.78 is 3.28.